The number of hydrogen-bond acceptors (Lipinski definition) is 4. The van der Waals surface area contributed by atoms with E-state index in [2.05, 4.69) is 5.16 Å². The molecule has 0 unspecified atom stereocenters. The van der Waals surface area contributed by atoms with Gasteiger partial charge in [0.15, 0.2) is 0 Å². The van der Waals surface area contributed by atoms with Crippen LogP contribution in [0.2, 0.25) is 0 Å². The molecule has 0 fully saturated rings. The molecule has 0 aliphatic carbocycles. The summed E-state index contributed by atoms with van der Waals surface area (Å²) in [5, 5.41) is 11.4. The van der Waals surface area contributed by atoms with Crippen molar-refractivity contribution in [3.05, 3.63) is 30.1 Å². The van der Waals surface area contributed by atoms with Gasteiger partial charge >= 0.3 is 0 Å². The molecule has 0 amide bonds. The van der Waals surface area contributed by atoms with Gasteiger partial charge in [-0.25, -0.2) is 12.8 Å². The number of amidine groups is 1. The van der Waals surface area contributed by atoms with Crippen molar-refractivity contribution in [3.8, 4) is 0 Å². The summed E-state index contributed by atoms with van der Waals surface area (Å²) >= 11 is 0. The van der Waals surface area contributed by atoms with E-state index in [1.165, 1.54) is 16.4 Å². The molecule has 6 nitrogen and oxygen atoms in total. The highest BCUT2D eigenvalue weighted by Crippen LogP contribution is 2.18. The molecule has 0 aliphatic rings. The Labute approximate surface area is 124 Å². The Morgan fingerprint density at radius 1 is 1.38 bits per heavy atom. The van der Waals surface area contributed by atoms with Crippen molar-refractivity contribution in [3.63, 3.8) is 0 Å². The van der Waals surface area contributed by atoms with Gasteiger partial charge in [0, 0.05) is 19.5 Å². The average molecular weight is 317 g/mol. The fourth-order valence-electron chi connectivity index (χ4n) is 1.76. The summed E-state index contributed by atoms with van der Waals surface area (Å²) in [6, 6.07) is 4.65. The molecule has 0 spiro atoms. The number of hydrogen-bond donors (Lipinski definition) is 2. The van der Waals surface area contributed by atoms with Crippen LogP contribution in [-0.2, 0) is 10.0 Å². The van der Waals surface area contributed by atoms with E-state index in [-0.39, 0.29) is 29.6 Å². The molecule has 8 heteroatoms. The molecule has 0 aromatic heterocycles. The molecule has 0 aliphatic heterocycles. The van der Waals surface area contributed by atoms with Crippen LogP contribution in [-0.4, -0.2) is 36.9 Å². The number of benzene rings is 1. The van der Waals surface area contributed by atoms with Crippen molar-refractivity contribution >= 4 is 15.9 Å². The Morgan fingerprint density at radius 2 is 1.95 bits per heavy atom. The van der Waals surface area contributed by atoms with E-state index in [1.54, 1.807) is 0 Å². The Kier molecular flexibility index (Phi) is 6.10. The van der Waals surface area contributed by atoms with Crippen LogP contribution >= 0.6 is 0 Å². The third-order valence-electron chi connectivity index (χ3n) is 2.77. The van der Waals surface area contributed by atoms with Crippen molar-refractivity contribution in [2.75, 3.05) is 13.1 Å². The molecule has 3 N–H and O–H groups in total. The van der Waals surface area contributed by atoms with Gasteiger partial charge in [-0.05, 0) is 30.2 Å². The minimum absolute atomic E-state index is 0.0176. The molecule has 0 atom stereocenters. The monoisotopic (exact) mass is 317 g/mol. The summed E-state index contributed by atoms with van der Waals surface area (Å²) in [5.74, 6) is -0.438. The zero-order valence-electron chi connectivity index (χ0n) is 12.0. The number of nitrogens with zero attached hydrogens (tertiary/aromatic N) is 2. The van der Waals surface area contributed by atoms with Crippen LogP contribution in [0.5, 0.6) is 0 Å². The lowest BCUT2D eigenvalue weighted by atomic mass is 10.2. The third kappa shape index (κ3) is 4.98. The lowest BCUT2D eigenvalue weighted by molar-refractivity contribution is 0.314. The minimum Gasteiger partial charge on any atom is -0.409 e. The van der Waals surface area contributed by atoms with E-state index in [9.17, 15) is 12.8 Å². The summed E-state index contributed by atoms with van der Waals surface area (Å²) in [6.07, 6.45) is 0.115. The van der Waals surface area contributed by atoms with Crippen molar-refractivity contribution in [1.82, 2.24) is 4.31 Å². The molecule has 0 radical (unpaired) electrons. The summed E-state index contributed by atoms with van der Waals surface area (Å²) in [6.45, 7) is 4.15. The molecule has 21 heavy (non-hydrogen) atoms. The lowest BCUT2D eigenvalue weighted by Crippen LogP contribution is -2.36. The molecule has 0 saturated carbocycles. The van der Waals surface area contributed by atoms with Crippen molar-refractivity contribution in [2.45, 2.75) is 25.2 Å². The maximum atomic E-state index is 12.9. The Bertz CT molecular complexity index is 585. The second-order valence-electron chi connectivity index (χ2n) is 5.05. The zero-order chi connectivity index (χ0) is 16.0. The SMILES string of the molecule is CC(C)CN(CCC(N)=NO)S(=O)(=O)c1ccc(F)cc1. The van der Waals surface area contributed by atoms with E-state index in [4.69, 9.17) is 10.9 Å². The quantitative estimate of drug-likeness (QED) is 0.345. The Morgan fingerprint density at radius 3 is 2.43 bits per heavy atom. The minimum atomic E-state index is -3.74. The van der Waals surface area contributed by atoms with E-state index < -0.39 is 15.8 Å². The van der Waals surface area contributed by atoms with Crippen LogP contribution in [0.15, 0.2) is 34.3 Å². The zero-order valence-corrected chi connectivity index (χ0v) is 12.8. The summed E-state index contributed by atoms with van der Waals surface area (Å²) in [5.41, 5.74) is 5.38. The fourth-order valence-corrected chi connectivity index (χ4v) is 3.37. The normalized spacial score (nSPS) is 13.1. The average Bonchev–Trinajstić information content (AvgIpc) is 2.43. The van der Waals surface area contributed by atoms with Crippen LogP contribution in [0.4, 0.5) is 4.39 Å². The van der Waals surface area contributed by atoms with Gasteiger partial charge in [-0.2, -0.15) is 4.31 Å². The molecular formula is C13H20FN3O3S. The molecule has 0 bridgehead atoms. The van der Waals surface area contributed by atoms with E-state index in [0.29, 0.717) is 6.54 Å². The number of sulfonamides is 1. The second kappa shape index (κ2) is 7.37. The van der Waals surface area contributed by atoms with E-state index in [1.807, 2.05) is 13.8 Å². The number of rotatable bonds is 7. The Hall–Kier alpha value is -1.67. The largest absolute Gasteiger partial charge is 0.409 e. The van der Waals surface area contributed by atoms with Crippen LogP contribution in [0.1, 0.15) is 20.3 Å². The molecule has 0 heterocycles. The first-order valence-electron chi connectivity index (χ1n) is 6.49. The highest BCUT2D eigenvalue weighted by Gasteiger charge is 2.25. The van der Waals surface area contributed by atoms with Crippen LogP contribution < -0.4 is 5.73 Å². The van der Waals surface area contributed by atoms with Gasteiger partial charge in [-0.1, -0.05) is 19.0 Å². The van der Waals surface area contributed by atoms with Crippen LogP contribution in [0.25, 0.3) is 0 Å². The topological polar surface area (TPSA) is 96.0 Å². The van der Waals surface area contributed by atoms with Gasteiger partial charge in [0.05, 0.1) is 4.90 Å². The predicted octanol–water partition coefficient (Wildman–Crippen LogP) is 1.61. The van der Waals surface area contributed by atoms with Crippen LogP contribution in [0, 0.1) is 11.7 Å². The van der Waals surface area contributed by atoms with Crippen molar-refractivity contribution < 1.29 is 18.0 Å². The van der Waals surface area contributed by atoms with Gasteiger partial charge in [-0.15, -0.1) is 0 Å². The highest BCUT2D eigenvalue weighted by molar-refractivity contribution is 7.89. The van der Waals surface area contributed by atoms with E-state index in [0.717, 1.165) is 12.1 Å². The van der Waals surface area contributed by atoms with Gasteiger partial charge in [0.1, 0.15) is 11.7 Å². The van der Waals surface area contributed by atoms with Crippen molar-refractivity contribution in [2.24, 2.45) is 16.8 Å². The maximum Gasteiger partial charge on any atom is 0.243 e. The van der Waals surface area contributed by atoms with Gasteiger partial charge < -0.3 is 10.9 Å². The number of nitrogens with two attached hydrogens (primary N) is 1. The third-order valence-corrected chi connectivity index (χ3v) is 4.65. The molecule has 1 rings (SSSR count). The summed E-state index contributed by atoms with van der Waals surface area (Å²) in [4.78, 5) is 0.0176. The second-order valence-corrected chi connectivity index (χ2v) is 6.99. The van der Waals surface area contributed by atoms with Gasteiger partial charge in [0.25, 0.3) is 0 Å². The molecule has 1 aromatic carbocycles. The first-order valence-corrected chi connectivity index (χ1v) is 7.93. The number of oxime groups is 1. The molecule has 1 aromatic rings. The lowest BCUT2D eigenvalue weighted by Gasteiger charge is -2.23. The first kappa shape index (κ1) is 17.4. The smallest absolute Gasteiger partial charge is 0.243 e. The van der Waals surface area contributed by atoms with Crippen molar-refractivity contribution in [1.29, 1.82) is 0 Å². The standard InChI is InChI=1S/C13H20FN3O3S/c1-10(2)9-17(8-7-13(15)16-18)21(19,20)12-5-3-11(14)4-6-12/h3-6,10,18H,7-9H2,1-2H3,(H2,15,16). The molecule has 118 valence electrons. The predicted molar refractivity (Wildman–Crippen MR) is 78.0 cm³/mol. The van der Waals surface area contributed by atoms with Gasteiger partial charge in [-0.3, -0.25) is 0 Å². The van der Waals surface area contributed by atoms with E-state index >= 15 is 0 Å². The first-order chi connectivity index (χ1) is 9.77. The fraction of sp³-hybridized carbons (Fsp3) is 0.462. The Balaban J connectivity index is 3.02. The molecular weight excluding hydrogens is 297 g/mol. The summed E-state index contributed by atoms with van der Waals surface area (Å²) < 4.78 is 39.3. The molecule has 0 saturated heterocycles. The maximum absolute atomic E-state index is 12.9. The highest BCUT2D eigenvalue weighted by atomic mass is 32.2. The van der Waals surface area contributed by atoms with Gasteiger partial charge in [0.2, 0.25) is 10.0 Å². The number of halogens is 1. The summed E-state index contributed by atoms with van der Waals surface area (Å²) in [7, 11) is -3.74. The van der Waals surface area contributed by atoms with Crippen LogP contribution in [0.3, 0.4) is 0 Å².